The molecule has 6 nitrogen and oxygen atoms in total. The molecule has 0 aliphatic heterocycles. The van der Waals surface area contributed by atoms with Gasteiger partial charge >= 0.3 is 0 Å². The predicted molar refractivity (Wildman–Crippen MR) is 122 cm³/mol. The molecule has 1 atom stereocenters. The van der Waals surface area contributed by atoms with Crippen molar-refractivity contribution in [2.24, 2.45) is 0 Å². The molecule has 0 heterocycles. The first-order chi connectivity index (χ1) is 14.8. The molecule has 7 heteroatoms. The minimum absolute atomic E-state index is 0.165. The van der Waals surface area contributed by atoms with Gasteiger partial charge in [0.1, 0.15) is 5.75 Å². The van der Waals surface area contributed by atoms with Gasteiger partial charge in [-0.25, -0.2) is 8.42 Å². The molecule has 0 bridgehead atoms. The summed E-state index contributed by atoms with van der Waals surface area (Å²) < 4.78 is 33.0. The molecule has 0 saturated heterocycles. The summed E-state index contributed by atoms with van der Waals surface area (Å²) in [5.74, 6) is 0.470. The number of hydrogen-bond donors (Lipinski definition) is 2. The summed E-state index contributed by atoms with van der Waals surface area (Å²) in [6, 6.07) is 20.4. The molecular formula is C24H26N2O4S. The summed E-state index contributed by atoms with van der Waals surface area (Å²) in [4.78, 5) is 13.0. The van der Waals surface area contributed by atoms with Crippen molar-refractivity contribution in [3.63, 3.8) is 0 Å². The number of methoxy groups -OCH3 is 1. The van der Waals surface area contributed by atoms with Gasteiger partial charge < -0.3 is 10.1 Å². The first kappa shape index (κ1) is 22.4. The second-order valence-corrected chi connectivity index (χ2v) is 8.89. The molecule has 0 aromatic heterocycles. The first-order valence-corrected chi connectivity index (χ1v) is 11.4. The summed E-state index contributed by atoms with van der Waals surface area (Å²) in [5, 5.41) is 3.01. The number of anilines is 1. The van der Waals surface area contributed by atoms with Crippen LogP contribution in [0.4, 0.5) is 5.69 Å². The molecule has 3 aromatic rings. The van der Waals surface area contributed by atoms with Gasteiger partial charge in [-0.1, -0.05) is 42.8 Å². The van der Waals surface area contributed by atoms with E-state index in [9.17, 15) is 13.2 Å². The van der Waals surface area contributed by atoms with Crippen LogP contribution in [0.5, 0.6) is 5.75 Å². The van der Waals surface area contributed by atoms with Gasteiger partial charge in [0, 0.05) is 11.3 Å². The molecular weight excluding hydrogens is 412 g/mol. The Morgan fingerprint density at radius 1 is 1.00 bits per heavy atom. The Bertz CT molecular complexity index is 1140. The van der Waals surface area contributed by atoms with Gasteiger partial charge in [-0.05, 0) is 61.4 Å². The van der Waals surface area contributed by atoms with Crippen LogP contribution in [-0.2, 0) is 10.0 Å². The van der Waals surface area contributed by atoms with Gasteiger partial charge in [0.05, 0.1) is 18.0 Å². The number of rotatable bonds is 8. The van der Waals surface area contributed by atoms with Crippen molar-refractivity contribution < 1.29 is 17.9 Å². The van der Waals surface area contributed by atoms with Crippen molar-refractivity contribution >= 4 is 21.6 Å². The second kappa shape index (κ2) is 9.66. The summed E-state index contributed by atoms with van der Waals surface area (Å²) >= 11 is 0. The van der Waals surface area contributed by atoms with Crippen LogP contribution in [0.2, 0.25) is 0 Å². The summed E-state index contributed by atoms with van der Waals surface area (Å²) in [7, 11) is -2.14. The Labute approximate surface area is 183 Å². The second-order valence-electron chi connectivity index (χ2n) is 7.21. The lowest BCUT2D eigenvalue weighted by Gasteiger charge is -2.18. The zero-order valence-electron chi connectivity index (χ0n) is 17.8. The van der Waals surface area contributed by atoms with Crippen LogP contribution in [0.15, 0.2) is 77.7 Å². The van der Waals surface area contributed by atoms with Gasteiger partial charge in [-0.2, -0.15) is 0 Å². The molecule has 0 saturated carbocycles. The lowest BCUT2D eigenvalue weighted by Crippen LogP contribution is -2.28. The standard InChI is InChI=1S/C24H26N2O4S/c1-4-23(18-10-12-21(30-3)13-11-18)25-24(27)19-6-5-7-20(16-19)26-31(28,29)22-14-8-17(2)9-15-22/h5-16,23,26H,4H2,1-3H3,(H,25,27)/t23-/m0/s1. The zero-order valence-corrected chi connectivity index (χ0v) is 18.6. The van der Waals surface area contributed by atoms with E-state index in [2.05, 4.69) is 10.0 Å². The van der Waals surface area contributed by atoms with Gasteiger partial charge in [0.2, 0.25) is 0 Å². The van der Waals surface area contributed by atoms with Crippen LogP contribution < -0.4 is 14.8 Å². The highest BCUT2D eigenvalue weighted by molar-refractivity contribution is 7.92. The third kappa shape index (κ3) is 5.64. The van der Waals surface area contributed by atoms with Crippen molar-refractivity contribution in [3.8, 4) is 5.75 Å². The molecule has 1 amide bonds. The van der Waals surface area contributed by atoms with E-state index in [-0.39, 0.29) is 16.8 Å². The number of hydrogen-bond acceptors (Lipinski definition) is 4. The highest BCUT2D eigenvalue weighted by atomic mass is 32.2. The quantitative estimate of drug-likeness (QED) is 0.535. The number of carbonyl (C=O) groups excluding carboxylic acids is 1. The van der Waals surface area contributed by atoms with Crippen molar-refractivity contribution in [2.45, 2.75) is 31.2 Å². The van der Waals surface area contributed by atoms with Crippen LogP contribution in [0.1, 0.15) is 40.9 Å². The highest BCUT2D eigenvalue weighted by Gasteiger charge is 2.17. The van der Waals surface area contributed by atoms with Crippen LogP contribution in [0.25, 0.3) is 0 Å². The number of benzene rings is 3. The average molecular weight is 439 g/mol. The molecule has 0 spiro atoms. The van der Waals surface area contributed by atoms with E-state index < -0.39 is 10.0 Å². The third-order valence-electron chi connectivity index (χ3n) is 4.94. The van der Waals surface area contributed by atoms with E-state index in [4.69, 9.17) is 4.74 Å². The number of sulfonamides is 1. The molecule has 0 fully saturated rings. The lowest BCUT2D eigenvalue weighted by atomic mass is 10.0. The van der Waals surface area contributed by atoms with Crippen LogP contribution in [-0.4, -0.2) is 21.4 Å². The number of carbonyl (C=O) groups is 1. The zero-order chi connectivity index (χ0) is 22.4. The maximum absolute atomic E-state index is 12.8. The number of nitrogens with one attached hydrogen (secondary N) is 2. The van der Waals surface area contributed by atoms with E-state index >= 15 is 0 Å². The first-order valence-electron chi connectivity index (χ1n) is 9.96. The molecule has 0 aliphatic rings. The minimum Gasteiger partial charge on any atom is -0.497 e. The molecule has 2 N–H and O–H groups in total. The summed E-state index contributed by atoms with van der Waals surface area (Å²) in [5.41, 5.74) is 2.63. The minimum atomic E-state index is -3.74. The van der Waals surface area contributed by atoms with E-state index in [1.165, 1.54) is 6.07 Å². The van der Waals surface area contributed by atoms with E-state index in [1.807, 2.05) is 38.1 Å². The van der Waals surface area contributed by atoms with Gasteiger partial charge in [-0.15, -0.1) is 0 Å². The normalized spacial score (nSPS) is 12.1. The molecule has 0 unspecified atom stereocenters. The maximum Gasteiger partial charge on any atom is 0.261 e. The number of ether oxygens (including phenoxy) is 1. The SMILES string of the molecule is CC[C@H](NC(=O)c1cccc(NS(=O)(=O)c2ccc(C)cc2)c1)c1ccc(OC)cc1. The molecule has 162 valence electrons. The monoisotopic (exact) mass is 438 g/mol. The Balaban J connectivity index is 1.75. The van der Waals surface area contributed by atoms with E-state index in [1.54, 1.807) is 49.6 Å². The van der Waals surface area contributed by atoms with Crippen molar-refractivity contribution in [1.82, 2.24) is 5.32 Å². The van der Waals surface area contributed by atoms with Crippen LogP contribution in [0.3, 0.4) is 0 Å². The highest BCUT2D eigenvalue weighted by Crippen LogP contribution is 2.22. The number of amides is 1. The lowest BCUT2D eigenvalue weighted by molar-refractivity contribution is 0.0935. The fourth-order valence-electron chi connectivity index (χ4n) is 3.15. The third-order valence-corrected chi connectivity index (χ3v) is 6.34. The fourth-order valence-corrected chi connectivity index (χ4v) is 4.20. The summed E-state index contributed by atoms with van der Waals surface area (Å²) in [6.45, 7) is 3.88. The molecule has 0 radical (unpaired) electrons. The topological polar surface area (TPSA) is 84.5 Å². The number of aryl methyl sites for hydroxylation is 1. The van der Waals surface area contributed by atoms with Crippen LogP contribution >= 0.6 is 0 Å². The van der Waals surface area contributed by atoms with E-state index in [0.29, 0.717) is 17.7 Å². The Kier molecular flexibility index (Phi) is 6.97. The van der Waals surface area contributed by atoms with Crippen molar-refractivity contribution in [1.29, 1.82) is 0 Å². The van der Waals surface area contributed by atoms with Gasteiger partial charge in [0.25, 0.3) is 15.9 Å². The predicted octanol–water partition coefficient (Wildman–Crippen LogP) is 4.69. The van der Waals surface area contributed by atoms with Gasteiger partial charge in [0.15, 0.2) is 0 Å². The largest absolute Gasteiger partial charge is 0.497 e. The molecule has 3 rings (SSSR count). The molecule has 3 aromatic carbocycles. The van der Waals surface area contributed by atoms with Crippen molar-refractivity contribution in [3.05, 3.63) is 89.5 Å². The fraction of sp³-hybridized carbons (Fsp3) is 0.208. The molecule has 31 heavy (non-hydrogen) atoms. The van der Waals surface area contributed by atoms with Crippen molar-refractivity contribution in [2.75, 3.05) is 11.8 Å². The Morgan fingerprint density at radius 2 is 1.68 bits per heavy atom. The molecule has 0 aliphatic carbocycles. The maximum atomic E-state index is 12.8. The summed E-state index contributed by atoms with van der Waals surface area (Å²) in [6.07, 6.45) is 0.706. The van der Waals surface area contributed by atoms with E-state index in [0.717, 1.165) is 16.9 Å². The van der Waals surface area contributed by atoms with Crippen LogP contribution in [0, 0.1) is 6.92 Å². The average Bonchev–Trinajstić information content (AvgIpc) is 2.77. The van der Waals surface area contributed by atoms with Gasteiger partial charge in [-0.3, -0.25) is 9.52 Å². The Hall–Kier alpha value is -3.32. The smallest absolute Gasteiger partial charge is 0.261 e. The Morgan fingerprint density at radius 3 is 2.29 bits per heavy atom.